The highest BCUT2D eigenvalue weighted by molar-refractivity contribution is 5.07. The highest BCUT2D eigenvalue weighted by Crippen LogP contribution is 2.30. The molecule has 0 aromatic carbocycles. The number of hydrogen-bond donors (Lipinski definition) is 0. The van der Waals surface area contributed by atoms with Gasteiger partial charge in [-0.05, 0) is 50.4 Å². The van der Waals surface area contributed by atoms with Crippen molar-refractivity contribution in [3.63, 3.8) is 0 Å². The van der Waals surface area contributed by atoms with Crippen LogP contribution in [0.4, 0.5) is 0 Å². The molecule has 0 spiro atoms. The third-order valence-corrected chi connectivity index (χ3v) is 3.65. The van der Waals surface area contributed by atoms with Crippen LogP contribution in [0.3, 0.4) is 0 Å². The van der Waals surface area contributed by atoms with Gasteiger partial charge >= 0.3 is 0 Å². The topological polar surface area (TPSA) is 9.23 Å². The number of hydrogen-bond acceptors (Lipinski definition) is 1. The highest BCUT2D eigenvalue weighted by Gasteiger charge is 2.16. The molecule has 0 aromatic heterocycles. The van der Waals surface area contributed by atoms with Crippen LogP contribution >= 0.6 is 0 Å². The van der Waals surface area contributed by atoms with Gasteiger partial charge < -0.3 is 4.74 Å². The van der Waals surface area contributed by atoms with Crippen LogP contribution in [0.2, 0.25) is 0 Å². The van der Waals surface area contributed by atoms with Crippen LogP contribution in [0.1, 0.15) is 45.4 Å². The molecule has 80 valence electrons. The minimum absolute atomic E-state index is 0.826. The van der Waals surface area contributed by atoms with E-state index in [4.69, 9.17) is 4.74 Å². The van der Waals surface area contributed by atoms with Crippen molar-refractivity contribution in [1.29, 1.82) is 0 Å². The second-order valence-electron chi connectivity index (χ2n) is 4.96. The van der Waals surface area contributed by atoms with Crippen LogP contribution in [0.5, 0.6) is 0 Å². The van der Waals surface area contributed by atoms with E-state index in [1.54, 1.807) is 5.57 Å². The van der Waals surface area contributed by atoms with Crippen molar-refractivity contribution < 1.29 is 4.74 Å². The van der Waals surface area contributed by atoms with E-state index in [0.29, 0.717) is 0 Å². The van der Waals surface area contributed by atoms with Gasteiger partial charge in [0.2, 0.25) is 0 Å². The van der Waals surface area contributed by atoms with Gasteiger partial charge in [-0.25, -0.2) is 0 Å². The van der Waals surface area contributed by atoms with Crippen molar-refractivity contribution in [2.75, 3.05) is 13.2 Å². The standard InChI is InChI=1S/C13H22O/c1-11-2-4-12(5-3-11)10-13-6-8-14-9-7-13/h10-11,13H,2-9H2,1H3. The predicted molar refractivity (Wildman–Crippen MR) is 59.3 cm³/mol. The first-order valence-corrected chi connectivity index (χ1v) is 6.12. The van der Waals surface area contributed by atoms with Gasteiger partial charge in [0.15, 0.2) is 0 Å². The molecule has 1 heteroatoms. The maximum absolute atomic E-state index is 5.38. The molecular formula is C13H22O. The summed E-state index contributed by atoms with van der Waals surface area (Å²) < 4.78 is 5.38. The molecule has 1 heterocycles. The van der Waals surface area contributed by atoms with Crippen LogP contribution in [0, 0.1) is 11.8 Å². The molecule has 0 radical (unpaired) electrons. The van der Waals surface area contributed by atoms with Gasteiger partial charge in [-0.2, -0.15) is 0 Å². The summed E-state index contributed by atoms with van der Waals surface area (Å²) in [5.41, 5.74) is 1.73. The van der Waals surface area contributed by atoms with Crippen LogP contribution in [0.25, 0.3) is 0 Å². The average Bonchev–Trinajstić information content (AvgIpc) is 2.23. The van der Waals surface area contributed by atoms with E-state index in [0.717, 1.165) is 25.0 Å². The molecule has 0 atom stereocenters. The molecule has 0 N–H and O–H groups in total. The Morgan fingerprint density at radius 2 is 1.71 bits per heavy atom. The van der Waals surface area contributed by atoms with Gasteiger partial charge in [0.05, 0.1) is 0 Å². The fourth-order valence-electron chi connectivity index (χ4n) is 2.52. The molecule has 1 aliphatic heterocycles. The maximum atomic E-state index is 5.38. The van der Waals surface area contributed by atoms with E-state index in [2.05, 4.69) is 13.0 Å². The van der Waals surface area contributed by atoms with Gasteiger partial charge in [0, 0.05) is 13.2 Å². The molecular weight excluding hydrogens is 172 g/mol. The van der Waals surface area contributed by atoms with E-state index < -0.39 is 0 Å². The maximum Gasteiger partial charge on any atom is 0.0471 e. The quantitative estimate of drug-likeness (QED) is 0.580. The molecule has 0 bridgehead atoms. The lowest BCUT2D eigenvalue weighted by atomic mass is 9.84. The van der Waals surface area contributed by atoms with Gasteiger partial charge in [-0.1, -0.05) is 18.6 Å². The number of rotatable bonds is 1. The van der Waals surface area contributed by atoms with Crippen molar-refractivity contribution >= 4 is 0 Å². The summed E-state index contributed by atoms with van der Waals surface area (Å²) in [6, 6.07) is 0. The largest absolute Gasteiger partial charge is 0.381 e. The van der Waals surface area contributed by atoms with Crippen molar-refractivity contribution in [1.82, 2.24) is 0 Å². The Hall–Kier alpha value is -0.300. The minimum Gasteiger partial charge on any atom is -0.381 e. The van der Waals surface area contributed by atoms with Crippen LogP contribution < -0.4 is 0 Å². The molecule has 0 amide bonds. The lowest BCUT2D eigenvalue weighted by Gasteiger charge is -2.24. The summed E-state index contributed by atoms with van der Waals surface area (Å²) in [6.07, 6.45) is 10.6. The third kappa shape index (κ3) is 2.84. The minimum atomic E-state index is 0.826. The van der Waals surface area contributed by atoms with E-state index in [-0.39, 0.29) is 0 Å². The monoisotopic (exact) mass is 194 g/mol. The van der Waals surface area contributed by atoms with E-state index in [9.17, 15) is 0 Å². The fourth-order valence-corrected chi connectivity index (χ4v) is 2.52. The summed E-state index contributed by atoms with van der Waals surface area (Å²) in [5, 5.41) is 0. The molecule has 1 aliphatic carbocycles. The van der Waals surface area contributed by atoms with E-state index >= 15 is 0 Å². The predicted octanol–water partition coefficient (Wildman–Crippen LogP) is 3.55. The first kappa shape index (κ1) is 10.2. The van der Waals surface area contributed by atoms with Crippen molar-refractivity contribution in [3.8, 4) is 0 Å². The first-order valence-electron chi connectivity index (χ1n) is 6.12. The lowest BCUT2D eigenvalue weighted by Crippen LogP contribution is -2.15. The molecule has 2 fully saturated rings. The van der Waals surface area contributed by atoms with Gasteiger partial charge in [0.25, 0.3) is 0 Å². The number of allylic oxidation sites excluding steroid dienone is 2. The molecule has 2 rings (SSSR count). The van der Waals surface area contributed by atoms with Crippen molar-refractivity contribution in [2.24, 2.45) is 11.8 Å². The number of ether oxygens (including phenoxy) is 1. The van der Waals surface area contributed by atoms with Crippen molar-refractivity contribution in [2.45, 2.75) is 45.4 Å². The van der Waals surface area contributed by atoms with Gasteiger partial charge in [0.1, 0.15) is 0 Å². The summed E-state index contributed by atoms with van der Waals surface area (Å²) in [6.45, 7) is 4.33. The third-order valence-electron chi connectivity index (χ3n) is 3.65. The second kappa shape index (κ2) is 4.97. The smallest absolute Gasteiger partial charge is 0.0471 e. The van der Waals surface area contributed by atoms with Gasteiger partial charge in [-0.3, -0.25) is 0 Å². The molecule has 1 saturated heterocycles. The van der Waals surface area contributed by atoms with E-state index in [1.807, 2.05) is 0 Å². The molecule has 0 unspecified atom stereocenters. The fraction of sp³-hybridized carbons (Fsp3) is 0.846. The van der Waals surface area contributed by atoms with Crippen molar-refractivity contribution in [3.05, 3.63) is 11.6 Å². The Labute approximate surface area is 87.5 Å². The Morgan fingerprint density at radius 3 is 2.36 bits per heavy atom. The Bertz CT molecular complexity index is 191. The zero-order chi connectivity index (χ0) is 9.80. The Balaban J connectivity index is 1.83. The highest BCUT2D eigenvalue weighted by atomic mass is 16.5. The van der Waals surface area contributed by atoms with Crippen LogP contribution in [-0.4, -0.2) is 13.2 Å². The summed E-state index contributed by atoms with van der Waals surface area (Å²) in [5.74, 6) is 1.79. The summed E-state index contributed by atoms with van der Waals surface area (Å²) >= 11 is 0. The second-order valence-corrected chi connectivity index (χ2v) is 4.96. The zero-order valence-corrected chi connectivity index (χ0v) is 9.30. The van der Waals surface area contributed by atoms with E-state index in [1.165, 1.54) is 38.5 Å². The SMILES string of the molecule is CC1CCC(=CC2CCOCC2)CC1. The Kier molecular flexibility index (Phi) is 3.63. The molecule has 2 aliphatic rings. The van der Waals surface area contributed by atoms with Crippen LogP contribution in [0.15, 0.2) is 11.6 Å². The summed E-state index contributed by atoms with van der Waals surface area (Å²) in [7, 11) is 0. The molecule has 14 heavy (non-hydrogen) atoms. The lowest BCUT2D eigenvalue weighted by molar-refractivity contribution is 0.0782. The normalized spacial score (nSPS) is 30.4. The molecule has 1 nitrogen and oxygen atoms in total. The molecule has 0 aromatic rings. The molecule has 1 saturated carbocycles. The summed E-state index contributed by atoms with van der Waals surface area (Å²) in [4.78, 5) is 0. The average molecular weight is 194 g/mol. The first-order chi connectivity index (χ1) is 6.84. The zero-order valence-electron chi connectivity index (χ0n) is 9.30. The van der Waals surface area contributed by atoms with Crippen LogP contribution in [-0.2, 0) is 4.74 Å². The Morgan fingerprint density at radius 1 is 1.07 bits per heavy atom. The van der Waals surface area contributed by atoms with Gasteiger partial charge in [-0.15, -0.1) is 0 Å².